The number of carbonyl (C=O) groups is 2. The molecule has 0 atom stereocenters. The highest BCUT2D eigenvalue weighted by molar-refractivity contribution is 5.86. The fourth-order valence-electron chi connectivity index (χ4n) is 4.16. The number of hydrogen-bond acceptors (Lipinski definition) is 5. The molecule has 0 radical (unpaired) electrons. The van der Waals surface area contributed by atoms with E-state index in [0.29, 0.717) is 32.1 Å². The molecule has 2 aromatic rings. The maximum absolute atomic E-state index is 13.4. The predicted octanol–water partition coefficient (Wildman–Crippen LogP) is 2.91. The Morgan fingerprint density at radius 1 is 1.03 bits per heavy atom. The van der Waals surface area contributed by atoms with Gasteiger partial charge in [-0.1, -0.05) is 18.6 Å². The van der Waals surface area contributed by atoms with Crippen molar-refractivity contribution in [3.63, 3.8) is 0 Å². The molecule has 2 fully saturated rings. The van der Waals surface area contributed by atoms with Crippen LogP contribution in [0.5, 0.6) is 0 Å². The van der Waals surface area contributed by atoms with Crippen LogP contribution in [0.2, 0.25) is 0 Å². The van der Waals surface area contributed by atoms with Gasteiger partial charge in [0.15, 0.2) is 0 Å². The molecule has 1 aromatic carbocycles. The zero-order chi connectivity index (χ0) is 23.0. The Morgan fingerprint density at radius 3 is 2.42 bits per heavy atom. The van der Waals surface area contributed by atoms with Gasteiger partial charge in [0.25, 0.3) is 0 Å². The zero-order valence-electron chi connectivity index (χ0n) is 19.0. The normalized spacial score (nSPS) is 16.9. The molecule has 0 unspecified atom stereocenters. The number of carbonyl (C=O) groups excluding carboxylic acids is 2. The fraction of sp³-hybridized carbons (Fsp3) is 0.520. The Morgan fingerprint density at radius 2 is 1.79 bits per heavy atom. The van der Waals surface area contributed by atoms with Crippen LogP contribution < -0.4 is 0 Å². The van der Waals surface area contributed by atoms with Gasteiger partial charge in [-0.15, -0.1) is 0 Å². The number of amides is 2. The van der Waals surface area contributed by atoms with Crippen molar-refractivity contribution in [3.05, 3.63) is 59.8 Å². The Bertz CT molecular complexity index is 893. The van der Waals surface area contributed by atoms with Crippen molar-refractivity contribution in [2.24, 2.45) is 5.92 Å². The molecule has 1 aromatic heterocycles. The van der Waals surface area contributed by atoms with Crippen molar-refractivity contribution in [3.8, 4) is 0 Å². The second-order valence-corrected chi connectivity index (χ2v) is 8.80. The number of morpholine rings is 1. The monoisotopic (exact) mass is 457 g/mol. The summed E-state index contributed by atoms with van der Waals surface area (Å²) < 4.78 is 24.2. The van der Waals surface area contributed by atoms with Gasteiger partial charge in [-0.2, -0.15) is 0 Å². The SMILES string of the molecule is O=C(CN(CCN1CCOCC1)C(=O)C1CCC1)N(Cc1ccc(F)cc1)Cc1ccco1. The molecule has 2 amide bonds. The lowest BCUT2D eigenvalue weighted by molar-refractivity contribution is -0.145. The van der Waals surface area contributed by atoms with E-state index in [2.05, 4.69) is 4.90 Å². The molecule has 7 nitrogen and oxygen atoms in total. The van der Waals surface area contributed by atoms with Gasteiger partial charge in [0.1, 0.15) is 11.6 Å². The van der Waals surface area contributed by atoms with Gasteiger partial charge in [0, 0.05) is 38.6 Å². The topological polar surface area (TPSA) is 66.2 Å². The second-order valence-electron chi connectivity index (χ2n) is 8.80. The lowest BCUT2D eigenvalue weighted by Gasteiger charge is -2.35. The van der Waals surface area contributed by atoms with Crippen molar-refractivity contribution in [2.75, 3.05) is 45.9 Å². The Kier molecular flexibility index (Phi) is 8.12. The fourth-order valence-corrected chi connectivity index (χ4v) is 4.16. The van der Waals surface area contributed by atoms with E-state index >= 15 is 0 Å². The lowest BCUT2D eigenvalue weighted by Crippen LogP contribution is -2.49. The van der Waals surface area contributed by atoms with E-state index in [1.54, 1.807) is 34.3 Å². The van der Waals surface area contributed by atoms with Gasteiger partial charge in [-0.25, -0.2) is 4.39 Å². The summed E-state index contributed by atoms with van der Waals surface area (Å²) in [6.45, 7) is 4.96. The maximum atomic E-state index is 13.4. The van der Waals surface area contributed by atoms with Crippen molar-refractivity contribution in [1.82, 2.24) is 14.7 Å². The molecule has 4 rings (SSSR count). The smallest absolute Gasteiger partial charge is 0.242 e. The van der Waals surface area contributed by atoms with Crippen LogP contribution in [0.15, 0.2) is 47.1 Å². The largest absolute Gasteiger partial charge is 0.467 e. The van der Waals surface area contributed by atoms with Gasteiger partial charge in [-0.3, -0.25) is 14.5 Å². The third-order valence-electron chi connectivity index (χ3n) is 6.45. The zero-order valence-corrected chi connectivity index (χ0v) is 19.0. The van der Waals surface area contributed by atoms with Gasteiger partial charge in [0.05, 0.1) is 32.6 Å². The molecule has 0 bridgehead atoms. The van der Waals surface area contributed by atoms with Crippen molar-refractivity contribution < 1.29 is 23.1 Å². The summed E-state index contributed by atoms with van der Waals surface area (Å²) in [6, 6.07) is 9.73. The number of ether oxygens (including phenoxy) is 1. The summed E-state index contributed by atoms with van der Waals surface area (Å²) in [5, 5.41) is 0. The number of furan rings is 1. The Labute approximate surface area is 194 Å². The quantitative estimate of drug-likeness (QED) is 0.549. The van der Waals surface area contributed by atoms with Crippen LogP contribution in [-0.4, -0.2) is 72.5 Å². The summed E-state index contributed by atoms with van der Waals surface area (Å²) in [5.74, 6) is 0.296. The van der Waals surface area contributed by atoms with Crippen LogP contribution in [0.4, 0.5) is 4.39 Å². The molecule has 8 heteroatoms. The predicted molar refractivity (Wildman–Crippen MR) is 121 cm³/mol. The first kappa shape index (κ1) is 23.4. The van der Waals surface area contributed by atoms with Gasteiger partial charge in [0.2, 0.25) is 11.8 Å². The highest BCUT2D eigenvalue weighted by Gasteiger charge is 2.31. The van der Waals surface area contributed by atoms with E-state index in [1.165, 1.54) is 12.1 Å². The van der Waals surface area contributed by atoms with Crippen molar-refractivity contribution in [2.45, 2.75) is 32.4 Å². The first-order valence-corrected chi connectivity index (χ1v) is 11.7. The highest BCUT2D eigenvalue weighted by Crippen LogP contribution is 2.28. The van der Waals surface area contributed by atoms with Crippen LogP contribution in [0.1, 0.15) is 30.6 Å². The highest BCUT2D eigenvalue weighted by atomic mass is 19.1. The minimum atomic E-state index is -0.317. The molecule has 1 aliphatic carbocycles. The molecule has 1 saturated heterocycles. The van der Waals surface area contributed by atoms with Crippen LogP contribution in [0.3, 0.4) is 0 Å². The van der Waals surface area contributed by atoms with Gasteiger partial charge < -0.3 is 19.0 Å². The molecule has 0 N–H and O–H groups in total. The van der Waals surface area contributed by atoms with Crippen molar-refractivity contribution in [1.29, 1.82) is 0 Å². The van der Waals surface area contributed by atoms with Crippen molar-refractivity contribution >= 4 is 11.8 Å². The summed E-state index contributed by atoms with van der Waals surface area (Å²) in [6.07, 6.45) is 4.43. The average molecular weight is 458 g/mol. The molecule has 1 saturated carbocycles. The number of nitrogens with zero attached hydrogens (tertiary/aromatic N) is 3. The number of rotatable bonds is 10. The molecule has 0 spiro atoms. The average Bonchev–Trinajstić information content (AvgIpc) is 3.30. The standard InChI is InChI=1S/C25H32FN3O4/c26-22-8-6-20(7-9-22)17-29(18-23-5-2-14-33-23)24(30)19-28(25(31)21-3-1-4-21)11-10-27-12-15-32-16-13-27/h2,5-9,14,21H,1,3-4,10-13,15-19H2. The third-order valence-corrected chi connectivity index (χ3v) is 6.45. The van der Waals surface area contributed by atoms with E-state index in [1.807, 2.05) is 6.07 Å². The number of benzene rings is 1. The second kappa shape index (κ2) is 11.4. The lowest BCUT2D eigenvalue weighted by atomic mass is 9.84. The number of hydrogen-bond donors (Lipinski definition) is 0. The molecule has 2 aliphatic rings. The molecule has 178 valence electrons. The van der Waals surface area contributed by atoms with E-state index in [-0.39, 0.29) is 36.6 Å². The molecule has 2 heterocycles. The molecule has 33 heavy (non-hydrogen) atoms. The van der Waals surface area contributed by atoms with Crippen LogP contribution in [0, 0.1) is 11.7 Å². The van der Waals surface area contributed by atoms with Crippen LogP contribution in [0.25, 0.3) is 0 Å². The van der Waals surface area contributed by atoms with E-state index < -0.39 is 0 Å². The third kappa shape index (κ3) is 6.65. The van der Waals surface area contributed by atoms with E-state index in [9.17, 15) is 14.0 Å². The Hall–Kier alpha value is -2.71. The number of halogens is 1. The summed E-state index contributed by atoms with van der Waals surface area (Å²) in [7, 11) is 0. The van der Waals surface area contributed by atoms with Crippen LogP contribution >= 0.6 is 0 Å². The minimum Gasteiger partial charge on any atom is -0.467 e. The van der Waals surface area contributed by atoms with Gasteiger partial charge >= 0.3 is 0 Å². The minimum absolute atomic E-state index is 0.0260. The summed E-state index contributed by atoms with van der Waals surface area (Å²) in [5.41, 5.74) is 0.821. The summed E-state index contributed by atoms with van der Waals surface area (Å²) in [4.78, 5) is 32.2. The molecular weight excluding hydrogens is 425 g/mol. The molecule has 1 aliphatic heterocycles. The first-order valence-electron chi connectivity index (χ1n) is 11.7. The Balaban J connectivity index is 1.44. The van der Waals surface area contributed by atoms with Gasteiger partial charge in [-0.05, 0) is 42.7 Å². The molecular formula is C25H32FN3O4. The van der Waals surface area contributed by atoms with E-state index in [4.69, 9.17) is 9.15 Å². The van der Waals surface area contributed by atoms with E-state index in [0.717, 1.165) is 44.5 Å². The van der Waals surface area contributed by atoms with Crippen LogP contribution in [-0.2, 0) is 27.4 Å². The summed E-state index contributed by atoms with van der Waals surface area (Å²) >= 11 is 0. The first-order chi connectivity index (χ1) is 16.1. The maximum Gasteiger partial charge on any atom is 0.242 e.